The van der Waals surface area contributed by atoms with Gasteiger partial charge in [-0.2, -0.15) is 0 Å². The van der Waals surface area contributed by atoms with E-state index in [2.05, 4.69) is 27.4 Å². The first kappa shape index (κ1) is 18.3. The summed E-state index contributed by atoms with van der Waals surface area (Å²) in [4.78, 5) is 11.0. The molecular formula is C14H28O4Si. The largest absolute Gasteiger partial charge is 0.463 e. The van der Waals surface area contributed by atoms with E-state index in [4.69, 9.17) is 13.6 Å². The average molecular weight is 288 g/mol. The monoisotopic (exact) mass is 288 g/mol. The van der Waals surface area contributed by atoms with E-state index in [0.717, 1.165) is 44.6 Å². The summed E-state index contributed by atoms with van der Waals surface area (Å²) in [5, 5.41) is 0. The Bertz CT molecular complexity index is 248. The van der Waals surface area contributed by atoms with Gasteiger partial charge < -0.3 is 13.6 Å². The zero-order chi connectivity index (χ0) is 14.6. The van der Waals surface area contributed by atoms with Gasteiger partial charge in [0.1, 0.15) is 0 Å². The van der Waals surface area contributed by atoms with Crippen LogP contribution in [0.5, 0.6) is 0 Å². The van der Waals surface area contributed by atoms with Gasteiger partial charge >= 0.3 is 14.5 Å². The van der Waals surface area contributed by atoms with E-state index in [1.807, 2.05) is 0 Å². The fourth-order valence-electron chi connectivity index (χ4n) is 1.72. The van der Waals surface area contributed by atoms with E-state index in [-0.39, 0.29) is 5.97 Å². The quantitative estimate of drug-likeness (QED) is 0.239. The summed E-state index contributed by atoms with van der Waals surface area (Å²) in [7, 11) is -2.11. The Hall–Kier alpha value is -0.653. The molecule has 0 radical (unpaired) electrons. The lowest BCUT2D eigenvalue weighted by atomic mass is 10.5. The molecule has 0 heterocycles. The van der Waals surface area contributed by atoms with Crippen molar-refractivity contribution in [3.05, 3.63) is 12.7 Å². The molecule has 0 bridgehead atoms. The zero-order valence-corrected chi connectivity index (χ0v) is 13.6. The van der Waals surface area contributed by atoms with Crippen molar-refractivity contribution in [2.24, 2.45) is 0 Å². The first-order valence-electron chi connectivity index (χ1n) is 7.21. The second kappa shape index (κ2) is 11.2. The van der Waals surface area contributed by atoms with Gasteiger partial charge in [-0.15, -0.1) is 0 Å². The highest BCUT2D eigenvalue weighted by Gasteiger charge is 2.34. The third-order valence-electron chi connectivity index (χ3n) is 2.79. The van der Waals surface area contributed by atoms with Crippen molar-refractivity contribution < 1.29 is 18.4 Å². The van der Waals surface area contributed by atoms with Crippen LogP contribution in [0.2, 0.25) is 12.1 Å². The minimum absolute atomic E-state index is 0.368. The maximum atomic E-state index is 11.0. The Morgan fingerprint density at radius 2 is 1.68 bits per heavy atom. The number of hydrogen-bond donors (Lipinski definition) is 0. The Kier molecular flexibility index (Phi) is 10.8. The van der Waals surface area contributed by atoms with Crippen molar-refractivity contribution in [2.45, 2.75) is 52.1 Å². The van der Waals surface area contributed by atoms with Gasteiger partial charge in [0.15, 0.2) is 0 Å². The molecule has 0 aromatic heterocycles. The van der Waals surface area contributed by atoms with Crippen LogP contribution in [0.1, 0.15) is 40.0 Å². The molecule has 4 nitrogen and oxygen atoms in total. The third kappa shape index (κ3) is 8.18. The molecule has 112 valence electrons. The maximum absolute atomic E-state index is 11.0. The molecule has 0 fully saturated rings. The molecule has 0 N–H and O–H groups in total. The molecule has 0 rings (SSSR count). The molecule has 0 aliphatic carbocycles. The van der Waals surface area contributed by atoms with E-state index in [9.17, 15) is 4.79 Å². The van der Waals surface area contributed by atoms with E-state index in [0.29, 0.717) is 6.61 Å². The molecule has 0 aromatic rings. The van der Waals surface area contributed by atoms with Crippen LogP contribution < -0.4 is 0 Å². The van der Waals surface area contributed by atoms with Crippen molar-refractivity contribution in [2.75, 3.05) is 19.8 Å². The zero-order valence-electron chi connectivity index (χ0n) is 12.6. The number of rotatable bonds is 12. The molecule has 0 saturated carbocycles. The first-order valence-corrected chi connectivity index (χ1v) is 9.44. The predicted octanol–water partition coefficient (Wildman–Crippen LogP) is 3.42. The normalized spacial score (nSPS) is 11.3. The minimum Gasteiger partial charge on any atom is -0.463 e. The molecule has 19 heavy (non-hydrogen) atoms. The molecule has 5 heteroatoms. The van der Waals surface area contributed by atoms with Crippen molar-refractivity contribution >= 4 is 14.5 Å². The average Bonchev–Trinajstić information content (AvgIpc) is 2.45. The highest BCUT2D eigenvalue weighted by atomic mass is 28.4. The van der Waals surface area contributed by atoms with Gasteiger partial charge in [-0.05, 0) is 31.4 Å². The summed E-state index contributed by atoms with van der Waals surface area (Å²) in [6, 6.07) is 1.80. The van der Waals surface area contributed by atoms with Crippen LogP contribution >= 0.6 is 0 Å². The molecule has 0 aliphatic heterocycles. The van der Waals surface area contributed by atoms with Crippen LogP contribution in [-0.4, -0.2) is 34.4 Å². The Labute approximate surface area is 118 Å². The molecular weight excluding hydrogens is 260 g/mol. The summed E-state index contributed by atoms with van der Waals surface area (Å²) in [6.07, 6.45) is 3.96. The SMILES string of the molecule is C=CC(=O)OCCC[Si](CC)(OCCC)OCCC. The molecule has 0 aromatic carbocycles. The fourth-order valence-corrected chi connectivity index (χ4v) is 4.69. The number of carbonyl (C=O) groups is 1. The number of ether oxygens (including phenoxy) is 1. The van der Waals surface area contributed by atoms with Crippen LogP contribution in [0.3, 0.4) is 0 Å². The van der Waals surface area contributed by atoms with Gasteiger partial charge in [0.05, 0.1) is 6.61 Å². The summed E-state index contributed by atoms with van der Waals surface area (Å²) >= 11 is 0. The molecule has 0 saturated heterocycles. The standard InChI is InChI=1S/C14H28O4Si/c1-5-10-17-19(8-4,18-11-6-2)13-9-12-16-14(15)7-3/h7H,3,5-6,8-13H2,1-2,4H3. The first-order chi connectivity index (χ1) is 9.14. The van der Waals surface area contributed by atoms with E-state index < -0.39 is 8.56 Å². The third-order valence-corrected chi connectivity index (χ3v) is 6.44. The van der Waals surface area contributed by atoms with Crippen LogP contribution in [0.15, 0.2) is 12.7 Å². The van der Waals surface area contributed by atoms with Gasteiger partial charge in [0, 0.05) is 19.3 Å². The Morgan fingerprint density at radius 1 is 1.11 bits per heavy atom. The molecule has 0 unspecified atom stereocenters. The smallest absolute Gasteiger partial charge is 0.337 e. The Balaban J connectivity index is 4.21. The second-order valence-electron chi connectivity index (χ2n) is 4.44. The van der Waals surface area contributed by atoms with Crippen molar-refractivity contribution in [3.8, 4) is 0 Å². The molecule has 0 atom stereocenters. The van der Waals surface area contributed by atoms with Crippen LogP contribution in [0.25, 0.3) is 0 Å². The lowest BCUT2D eigenvalue weighted by Crippen LogP contribution is -2.42. The van der Waals surface area contributed by atoms with E-state index in [1.54, 1.807) is 0 Å². The second-order valence-corrected chi connectivity index (χ2v) is 8.04. The van der Waals surface area contributed by atoms with Crippen LogP contribution in [0.4, 0.5) is 0 Å². The lowest BCUT2D eigenvalue weighted by Gasteiger charge is -2.29. The summed E-state index contributed by atoms with van der Waals surface area (Å²) in [5.41, 5.74) is 0. The minimum atomic E-state index is -2.11. The van der Waals surface area contributed by atoms with Crippen molar-refractivity contribution in [1.82, 2.24) is 0 Å². The van der Waals surface area contributed by atoms with Gasteiger partial charge in [0.25, 0.3) is 0 Å². The van der Waals surface area contributed by atoms with Crippen molar-refractivity contribution in [3.63, 3.8) is 0 Å². The lowest BCUT2D eigenvalue weighted by molar-refractivity contribution is -0.137. The van der Waals surface area contributed by atoms with E-state index in [1.165, 1.54) is 6.08 Å². The van der Waals surface area contributed by atoms with Crippen LogP contribution in [0, 0.1) is 0 Å². The number of carbonyl (C=O) groups excluding carboxylic acids is 1. The highest BCUT2D eigenvalue weighted by molar-refractivity contribution is 6.67. The van der Waals surface area contributed by atoms with Gasteiger partial charge in [-0.25, -0.2) is 4.79 Å². The molecule has 0 spiro atoms. The van der Waals surface area contributed by atoms with Gasteiger partial charge in [0.2, 0.25) is 0 Å². The molecule has 0 aliphatic rings. The topological polar surface area (TPSA) is 44.8 Å². The van der Waals surface area contributed by atoms with Crippen LogP contribution in [-0.2, 0) is 18.4 Å². The van der Waals surface area contributed by atoms with E-state index >= 15 is 0 Å². The Morgan fingerprint density at radius 3 is 2.11 bits per heavy atom. The predicted molar refractivity (Wildman–Crippen MR) is 79.3 cm³/mol. The number of esters is 1. The van der Waals surface area contributed by atoms with Gasteiger partial charge in [-0.3, -0.25) is 0 Å². The maximum Gasteiger partial charge on any atom is 0.337 e. The van der Waals surface area contributed by atoms with Crippen molar-refractivity contribution in [1.29, 1.82) is 0 Å². The van der Waals surface area contributed by atoms with Gasteiger partial charge in [-0.1, -0.05) is 27.4 Å². The fraction of sp³-hybridized carbons (Fsp3) is 0.786. The molecule has 0 amide bonds. The highest BCUT2D eigenvalue weighted by Crippen LogP contribution is 2.21. The number of hydrogen-bond acceptors (Lipinski definition) is 4. The summed E-state index contributed by atoms with van der Waals surface area (Å²) in [5.74, 6) is -0.368. The summed E-state index contributed by atoms with van der Waals surface area (Å²) < 4.78 is 17.0. The summed E-state index contributed by atoms with van der Waals surface area (Å²) in [6.45, 7) is 11.6.